The van der Waals surface area contributed by atoms with Crippen molar-refractivity contribution < 1.29 is 76.5 Å². The van der Waals surface area contributed by atoms with Crippen molar-refractivity contribution in [3.05, 3.63) is 100 Å². The summed E-state index contributed by atoms with van der Waals surface area (Å²) in [5, 5.41) is 10.7. The van der Waals surface area contributed by atoms with Gasteiger partial charge in [-0.2, -0.15) is 5.06 Å². The molecular weight excluding hydrogens is 987 g/mol. The number of fused-ring (bicyclic) bond motifs is 2. The Morgan fingerprint density at radius 2 is 1.38 bits per heavy atom. The summed E-state index contributed by atoms with van der Waals surface area (Å²) in [6.45, 7) is 13.9. The van der Waals surface area contributed by atoms with Gasteiger partial charge < -0.3 is 38.6 Å². The number of amides is 5. The number of aromatic nitrogens is 2. The molecular formula is C50H51N7O16S. The molecule has 1 aliphatic carbocycles. The van der Waals surface area contributed by atoms with Crippen molar-refractivity contribution in [2.45, 2.75) is 128 Å². The van der Waals surface area contributed by atoms with Gasteiger partial charge in [-0.25, -0.2) is 29.1 Å². The molecule has 3 fully saturated rings. The number of nitrogens with zero attached hydrogens (tertiary/aromatic N) is 5. The van der Waals surface area contributed by atoms with Gasteiger partial charge in [0.1, 0.15) is 46.9 Å². The summed E-state index contributed by atoms with van der Waals surface area (Å²) >= 11 is 0.892. The zero-order valence-corrected chi connectivity index (χ0v) is 42.4. The van der Waals surface area contributed by atoms with E-state index in [0.29, 0.717) is 21.1 Å². The van der Waals surface area contributed by atoms with E-state index >= 15 is 0 Å². The zero-order valence-electron chi connectivity index (χ0n) is 41.6. The van der Waals surface area contributed by atoms with Crippen LogP contribution in [0.15, 0.2) is 77.3 Å². The molecule has 1 unspecified atom stereocenters. The number of imide groups is 1. The van der Waals surface area contributed by atoms with Crippen LogP contribution < -0.4 is 20.1 Å². The summed E-state index contributed by atoms with van der Waals surface area (Å²) in [7, 11) is 0. The Kier molecular flexibility index (Phi) is 12.5. The van der Waals surface area contributed by atoms with Crippen molar-refractivity contribution in [2.24, 2.45) is 5.16 Å². The summed E-state index contributed by atoms with van der Waals surface area (Å²) in [6.07, 6.45) is -1.32. The molecule has 2 aromatic heterocycles. The van der Waals surface area contributed by atoms with Crippen LogP contribution in [0, 0.1) is 0 Å². The molecule has 0 radical (unpaired) electrons. The maximum absolute atomic E-state index is 14.5. The number of hydrogen-bond acceptors (Lipinski definition) is 20. The average Bonchev–Trinajstić information content (AvgIpc) is 3.63. The highest BCUT2D eigenvalue weighted by molar-refractivity contribution is 7.14. The van der Waals surface area contributed by atoms with E-state index in [4.69, 9.17) is 38.1 Å². The molecule has 4 aromatic rings. The molecule has 2 N–H and O–H groups in total. The number of esters is 3. The fourth-order valence-electron chi connectivity index (χ4n) is 8.13. The van der Waals surface area contributed by atoms with Crippen molar-refractivity contribution >= 4 is 69.8 Å². The number of nitrogens with one attached hydrogen (secondary N) is 2. The molecule has 5 amide bonds. The molecule has 5 aliphatic rings. The lowest BCUT2D eigenvalue weighted by molar-refractivity contribution is -0.263. The van der Waals surface area contributed by atoms with Gasteiger partial charge in [0.15, 0.2) is 16.6 Å². The molecule has 388 valence electrons. The van der Waals surface area contributed by atoms with Crippen LogP contribution in [0.25, 0.3) is 0 Å². The van der Waals surface area contributed by atoms with E-state index in [-0.39, 0.29) is 46.6 Å². The Bertz CT molecular complexity index is 2940. The molecule has 4 aliphatic heterocycles. The molecule has 23 nitrogen and oxygen atoms in total. The highest BCUT2D eigenvalue weighted by Gasteiger charge is 2.66. The molecule has 2 saturated heterocycles. The smallest absolute Gasteiger partial charge is 0.413 e. The second-order valence-electron chi connectivity index (χ2n) is 20.8. The number of thiazole rings is 1. The van der Waals surface area contributed by atoms with Gasteiger partial charge in [-0.05, 0) is 62.3 Å². The third-order valence-electron chi connectivity index (χ3n) is 11.5. The fraction of sp³-hybridized carbons (Fsp3) is 0.420. The Morgan fingerprint density at radius 1 is 0.770 bits per heavy atom. The normalized spacial score (nSPS) is 21.7. The van der Waals surface area contributed by atoms with Crippen LogP contribution in [0.2, 0.25) is 0 Å². The van der Waals surface area contributed by atoms with Crippen LogP contribution in [0.5, 0.6) is 11.6 Å². The first-order chi connectivity index (χ1) is 34.7. The van der Waals surface area contributed by atoms with Gasteiger partial charge >= 0.3 is 35.5 Å². The van der Waals surface area contributed by atoms with Crippen molar-refractivity contribution in [1.82, 2.24) is 25.2 Å². The summed E-state index contributed by atoms with van der Waals surface area (Å²) in [6, 6.07) is 15.7. The SMILES string of the molecule is CC(C)(C)OC(=O)Nc1nc(/C(=N/OC2(C(=O)OC(C)(C)C)CC2)C(=O)N[C@H]2CON(C3(C(=O)OC(C)(C)C)C[C@H](N4C(=O)c5cc6c(nc5C4=O)OC(c4ccccc4)(c4ccccc4)O6)C(=O)O3)C2=O)cs1. The van der Waals surface area contributed by atoms with Crippen LogP contribution >= 0.6 is 11.3 Å². The number of benzene rings is 2. The second kappa shape index (κ2) is 18.2. The van der Waals surface area contributed by atoms with Crippen LogP contribution in [0.4, 0.5) is 9.93 Å². The van der Waals surface area contributed by atoms with Crippen LogP contribution in [0.3, 0.4) is 0 Å². The Balaban J connectivity index is 0.969. The number of pyridine rings is 1. The van der Waals surface area contributed by atoms with Gasteiger partial charge in [0.25, 0.3) is 29.5 Å². The standard InChI is InChI=1S/C50H51N7O16S/c1-45(2,3)70-41(63)48(20-21-48)73-55-34(30-25-74-43(52-30)54-44(65)72-47(7,8)9)35(58)51-29-24-66-57(38(29)60)49(42(64)71-46(4,5)6)23-31(40(62)69-49)56-37(59)28-22-32-36(53-33(28)39(56)61)68-50(67-32,26-16-12-10-13-17-26)27-18-14-11-15-19-27/h10-19,22,25,29,31H,20-21,23-24H2,1-9H3,(H,51,58)(H,52,54,65)/b55-34-/t29-,31-,49?/m0/s1. The number of ether oxygens (including phenoxy) is 6. The molecule has 0 spiro atoms. The molecule has 3 atom stereocenters. The van der Waals surface area contributed by atoms with E-state index in [9.17, 15) is 38.4 Å². The lowest BCUT2D eigenvalue weighted by atomic mass is 9.97. The van der Waals surface area contributed by atoms with E-state index in [2.05, 4.69) is 25.8 Å². The Labute approximate surface area is 426 Å². The van der Waals surface area contributed by atoms with Crippen LogP contribution in [0.1, 0.15) is 119 Å². The topological polar surface area (TPSA) is 279 Å². The predicted molar refractivity (Wildman–Crippen MR) is 255 cm³/mol. The Hall–Kier alpha value is -7.99. The molecule has 0 bridgehead atoms. The van der Waals surface area contributed by atoms with Crippen molar-refractivity contribution in [3.63, 3.8) is 0 Å². The number of carbonyl (C=O) groups is 8. The quantitative estimate of drug-likeness (QED) is 0.0616. The first-order valence-electron chi connectivity index (χ1n) is 23.3. The summed E-state index contributed by atoms with van der Waals surface area (Å²) in [5.41, 5.74) is -7.48. The fourth-order valence-corrected chi connectivity index (χ4v) is 8.81. The third-order valence-corrected chi connectivity index (χ3v) is 12.3. The number of rotatable bonds is 12. The monoisotopic (exact) mass is 1040 g/mol. The van der Waals surface area contributed by atoms with Crippen molar-refractivity contribution in [2.75, 3.05) is 11.9 Å². The van der Waals surface area contributed by atoms with Crippen molar-refractivity contribution in [3.8, 4) is 11.6 Å². The average molecular weight is 1040 g/mol. The van der Waals surface area contributed by atoms with Crippen LogP contribution in [-0.4, -0.2) is 120 Å². The van der Waals surface area contributed by atoms with Gasteiger partial charge in [-0.1, -0.05) is 65.8 Å². The molecule has 9 rings (SSSR count). The summed E-state index contributed by atoms with van der Waals surface area (Å²) in [4.78, 5) is 132. The first-order valence-corrected chi connectivity index (χ1v) is 24.2. The number of carbonyl (C=O) groups excluding carboxylic acids is 8. The summed E-state index contributed by atoms with van der Waals surface area (Å²) < 4.78 is 35.0. The molecule has 2 aromatic carbocycles. The van der Waals surface area contributed by atoms with Gasteiger partial charge in [0.05, 0.1) is 12.0 Å². The largest absolute Gasteiger partial charge is 0.457 e. The van der Waals surface area contributed by atoms with E-state index in [1.165, 1.54) is 32.2 Å². The number of oxime groups is 1. The minimum absolute atomic E-state index is 0.0147. The molecule has 1 saturated carbocycles. The minimum atomic E-state index is -2.77. The maximum atomic E-state index is 14.5. The third kappa shape index (κ3) is 9.68. The molecule has 74 heavy (non-hydrogen) atoms. The summed E-state index contributed by atoms with van der Waals surface area (Å²) in [5.74, 6) is -9.26. The number of hydrogen-bond donors (Lipinski definition) is 2. The highest BCUT2D eigenvalue weighted by atomic mass is 32.1. The van der Waals surface area contributed by atoms with E-state index < -0.39 is 112 Å². The lowest BCUT2D eigenvalue weighted by Crippen LogP contribution is -2.59. The number of anilines is 1. The second-order valence-corrected chi connectivity index (χ2v) is 21.7. The first kappa shape index (κ1) is 50.9. The van der Waals surface area contributed by atoms with E-state index in [1.807, 2.05) is 12.1 Å². The molecule has 6 heterocycles. The predicted octanol–water partition coefficient (Wildman–Crippen LogP) is 5.06. The highest BCUT2D eigenvalue weighted by Crippen LogP contribution is 2.49. The maximum Gasteiger partial charge on any atom is 0.413 e. The van der Waals surface area contributed by atoms with Gasteiger partial charge in [-0.15, -0.1) is 11.3 Å². The van der Waals surface area contributed by atoms with Crippen molar-refractivity contribution in [1.29, 1.82) is 0 Å². The number of hydroxylamine groups is 2. The van der Waals surface area contributed by atoms with E-state index in [1.54, 1.807) is 90.1 Å². The molecule has 24 heteroatoms. The zero-order chi connectivity index (χ0) is 53.3. The number of cyclic esters (lactones) is 1. The lowest BCUT2D eigenvalue weighted by Gasteiger charge is -2.35. The van der Waals surface area contributed by atoms with Gasteiger partial charge in [0, 0.05) is 35.4 Å². The van der Waals surface area contributed by atoms with Gasteiger partial charge in [-0.3, -0.25) is 34.2 Å². The Morgan fingerprint density at radius 3 is 1.97 bits per heavy atom. The van der Waals surface area contributed by atoms with E-state index in [0.717, 1.165) is 11.3 Å². The van der Waals surface area contributed by atoms with Gasteiger partial charge in [0.2, 0.25) is 5.60 Å². The van der Waals surface area contributed by atoms with Crippen LogP contribution in [-0.2, 0) is 58.4 Å². The minimum Gasteiger partial charge on any atom is -0.457 e.